The van der Waals surface area contributed by atoms with Gasteiger partial charge in [0, 0.05) is 22.9 Å². The van der Waals surface area contributed by atoms with Gasteiger partial charge < -0.3 is 4.74 Å². The second-order valence-electron chi connectivity index (χ2n) is 10.2. The Morgan fingerprint density at radius 2 is 1.50 bits per heavy atom. The minimum absolute atomic E-state index is 0.365. The Hall–Kier alpha value is -4.29. The molecule has 4 aromatic rings. The van der Waals surface area contributed by atoms with Gasteiger partial charge in [-0.3, -0.25) is 24.2 Å². The van der Waals surface area contributed by atoms with Crippen LogP contribution in [0.15, 0.2) is 91.0 Å². The van der Waals surface area contributed by atoms with Gasteiger partial charge in [-0.1, -0.05) is 78.9 Å². The maximum Gasteiger partial charge on any atom is 0.324 e. The molecule has 6 nitrogen and oxygen atoms in total. The number of likely N-dealkylation sites (N-methyl/N-ethyl adjacent to an activating group) is 1. The standard InChI is InChI=1S/C32H28N2O4/c1-33(2)26(18-20-10-4-3-5-11-20)32(37)38-27-19-22-12-6-7-15-23(22)29(27)34-30(35)24-16-8-13-21-14-9-17-25(28(21)24)31(34)36/h3-17,26-27,29H,18-19H2,1-2H3/t26-,27+,29-/m0/s1. The number of ether oxygens (including phenoxy) is 1. The lowest BCUT2D eigenvalue weighted by molar-refractivity contribution is -0.156. The lowest BCUT2D eigenvalue weighted by atomic mass is 9.92. The molecule has 0 N–H and O–H groups in total. The van der Waals surface area contributed by atoms with E-state index in [1.165, 1.54) is 4.90 Å². The third-order valence-electron chi connectivity index (χ3n) is 7.66. The second-order valence-corrected chi connectivity index (χ2v) is 10.2. The summed E-state index contributed by atoms with van der Waals surface area (Å²) in [5.41, 5.74) is 3.81. The Labute approximate surface area is 221 Å². The molecule has 190 valence electrons. The minimum Gasteiger partial charge on any atom is -0.458 e. The molecule has 0 saturated heterocycles. The quantitative estimate of drug-likeness (QED) is 0.278. The number of esters is 1. The van der Waals surface area contributed by atoms with Crippen molar-refractivity contribution in [2.75, 3.05) is 14.1 Å². The van der Waals surface area contributed by atoms with Crippen LogP contribution in [-0.2, 0) is 22.4 Å². The van der Waals surface area contributed by atoms with Crippen LogP contribution in [0.25, 0.3) is 10.8 Å². The summed E-state index contributed by atoms with van der Waals surface area (Å²) in [4.78, 5) is 44.5. The summed E-state index contributed by atoms with van der Waals surface area (Å²) in [6.07, 6.45) is 0.241. The minimum atomic E-state index is -0.710. The number of hydrogen-bond acceptors (Lipinski definition) is 5. The first-order valence-electron chi connectivity index (χ1n) is 12.8. The highest BCUT2D eigenvalue weighted by molar-refractivity contribution is 6.25. The highest BCUT2D eigenvalue weighted by Crippen LogP contribution is 2.42. The molecule has 38 heavy (non-hydrogen) atoms. The van der Waals surface area contributed by atoms with Gasteiger partial charge in [0.2, 0.25) is 0 Å². The number of fused-ring (bicyclic) bond motifs is 1. The monoisotopic (exact) mass is 504 g/mol. The highest BCUT2D eigenvalue weighted by atomic mass is 16.5. The van der Waals surface area contributed by atoms with Crippen LogP contribution in [-0.4, -0.2) is 53.8 Å². The zero-order valence-corrected chi connectivity index (χ0v) is 21.3. The van der Waals surface area contributed by atoms with E-state index in [1.807, 2.05) is 97.9 Å². The fraction of sp³-hybridized carbons (Fsp3) is 0.219. The molecule has 2 amide bonds. The van der Waals surface area contributed by atoms with Crippen molar-refractivity contribution in [3.63, 3.8) is 0 Å². The molecule has 2 aliphatic rings. The molecule has 1 heterocycles. The summed E-state index contributed by atoms with van der Waals surface area (Å²) in [6.45, 7) is 0. The number of benzene rings is 4. The van der Waals surface area contributed by atoms with Crippen molar-refractivity contribution in [1.82, 2.24) is 9.80 Å². The largest absolute Gasteiger partial charge is 0.458 e. The van der Waals surface area contributed by atoms with Crippen molar-refractivity contribution in [2.24, 2.45) is 0 Å². The lowest BCUT2D eigenvalue weighted by Crippen LogP contribution is -2.48. The number of hydrogen-bond donors (Lipinski definition) is 0. The van der Waals surface area contributed by atoms with Crippen molar-refractivity contribution in [3.8, 4) is 0 Å². The number of carbonyl (C=O) groups is 3. The first-order chi connectivity index (χ1) is 18.4. The molecule has 0 bridgehead atoms. The maximum atomic E-state index is 13.9. The van der Waals surface area contributed by atoms with Gasteiger partial charge in [-0.05, 0) is 54.7 Å². The molecular weight excluding hydrogens is 476 g/mol. The molecule has 1 aliphatic heterocycles. The predicted octanol–water partition coefficient (Wildman–Crippen LogP) is 4.82. The number of rotatable bonds is 6. The van der Waals surface area contributed by atoms with Crippen LogP contribution in [0.5, 0.6) is 0 Å². The molecule has 0 aromatic heterocycles. The van der Waals surface area contributed by atoms with Crippen molar-refractivity contribution >= 4 is 28.6 Å². The van der Waals surface area contributed by atoms with E-state index in [0.29, 0.717) is 29.4 Å². The zero-order valence-electron chi connectivity index (χ0n) is 21.3. The number of nitrogens with zero attached hydrogens (tertiary/aromatic N) is 2. The van der Waals surface area contributed by atoms with Gasteiger partial charge in [0.05, 0.1) is 0 Å². The summed E-state index contributed by atoms with van der Waals surface area (Å²) < 4.78 is 6.19. The zero-order chi connectivity index (χ0) is 26.4. The van der Waals surface area contributed by atoms with Gasteiger partial charge in [0.25, 0.3) is 11.8 Å². The molecule has 0 unspecified atom stereocenters. The molecule has 6 heteroatoms. The summed E-state index contributed by atoms with van der Waals surface area (Å²) in [6, 6.07) is 27.3. The van der Waals surface area contributed by atoms with E-state index >= 15 is 0 Å². The van der Waals surface area contributed by atoms with E-state index < -0.39 is 18.2 Å². The van der Waals surface area contributed by atoms with E-state index in [4.69, 9.17) is 4.74 Å². The van der Waals surface area contributed by atoms with Crippen LogP contribution in [0, 0.1) is 0 Å². The summed E-state index contributed by atoms with van der Waals surface area (Å²) >= 11 is 0. The molecule has 1 aliphatic carbocycles. The maximum absolute atomic E-state index is 13.9. The summed E-state index contributed by atoms with van der Waals surface area (Å²) in [5, 5.41) is 1.53. The molecule has 3 atom stereocenters. The lowest BCUT2D eigenvalue weighted by Gasteiger charge is -2.35. The van der Waals surface area contributed by atoms with Crippen LogP contribution in [0.3, 0.4) is 0 Å². The van der Waals surface area contributed by atoms with Crippen LogP contribution in [0.2, 0.25) is 0 Å². The Morgan fingerprint density at radius 3 is 2.16 bits per heavy atom. The van der Waals surface area contributed by atoms with Crippen LogP contribution >= 0.6 is 0 Å². The van der Waals surface area contributed by atoms with Gasteiger partial charge >= 0.3 is 5.97 Å². The van der Waals surface area contributed by atoms with Crippen LogP contribution in [0.1, 0.15) is 43.4 Å². The number of carbonyl (C=O) groups excluding carboxylic acids is 3. The van der Waals surface area contributed by atoms with E-state index in [1.54, 1.807) is 12.1 Å². The molecular formula is C32H28N2O4. The van der Waals surface area contributed by atoms with Crippen molar-refractivity contribution in [2.45, 2.75) is 31.0 Å². The first-order valence-corrected chi connectivity index (χ1v) is 12.8. The smallest absolute Gasteiger partial charge is 0.324 e. The van der Waals surface area contributed by atoms with Crippen molar-refractivity contribution in [3.05, 3.63) is 119 Å². The predicted molar refractivity (Wildman–Crippen MR) is 145 cm³/mol. The average Bonchev–Trinajstić information content (AvgIpc) is 3.28. The van der Waals surface area contributed by atoms with E-state index in [-0.39, 0.29) is 17.8 Å². The normalized spacial score (nSPS) is 19.1. The number of amides is 2. The highest BCUT2D eigenvalue weighted by Gasteiger charge is 2.47. The van der Waals surface area contributed by atoms with E-state index in [9.17, 15) is 14.4 Å². The van der Waals surface area contributed by atoms with E-state index in [2.05, 4.69) is 0 Å². The molecule has 0 radical (unpaired) electrons. The van der Waals surface area contributed by atoms with Gasteiger partial charge in [0.1, 0.15) is 18.2 Å². The third kappa shape index (κ3) is 3.98. The fourth-order valence-corrected chi connectivity index (χ4v) is 5.79. The average molecular weight is 505 g/mol. The Balaban J connectivity index is 1.36. The van der Waals surface area contributed by atoms with Crippen molar-refractivity contribution < 1.29 is 19.1 Å². The molecule has 6 rings (SSSR count). The third-order valence-corrected chi connectivity index (χ3v) is 7.66. The first kappa shape index (κ1) is 24.1. The van der Waals surface area contributed by atoms with Gasteiger partial charge in [-0.15, -0.1) is 0 Å². The molecule has 0 saturated carbocycles. The second kappa shape index (κ2) is 9.54. The topological polar surface area (TPSA) is 66.9 Å². The summed E-state index contributed by atoms with van der Waals surface area (Å²) in [5.74, 6) is -1.10. The van der Waals surface area contributed by atoms with Crippen LogP contribution in [0.4, 0.5) is 0 Å². The van der Waals surface area contributed by atoms with Crippen LogP contribution < -0.4 is 0 Å². The number of imide groups is 1. The Kier molecular flexibility index (Phi) is 6.04. The van der Waals surface area contributed by atoms with Gasteiger partial charge in [-0.25, -0.2) is 0 Å². The van der Waals surface area contributed by atoms with E-state index in [0.717, 1.165) is 22.1 Å². The Morgan fingerprint density at radius 1 is 0.868 bits per heavy atom. The molecule has 0 spiro atoms. The molecule has 0 fully saturated rings. The Bertz CT molecular complexity index is 1510. The fourth-order valence-electron chi connectivity index (χ4n) is 5.79. The van der Waals surface area contributed by atoms with Crippen molar-refractivity contribution in [1.29, 1.82) is 0 Å². The SMILES string of the molecule is CN(C)[C@@H](Cc1ccccc1)C(=O)O[C@@H]1Cc2ccccc2[C@@H]1N1C(=O)c2cccc3cccc(c23)C1=O. The van der Waals surface area contributed by atoms with Gasteiger partial charge in [0.15, 0.2) is 0 Å². The summed E-state index contributed by atoms with van der Waals surface area (Å²) in [7, 11) is 3.70. The molecule has 4 aromatic carbocycles. The van der Waals surface area contributed by atoms with Gasteiger partial charge in [-0.2, -0.15) is 0 Å².